The number of rotatable bonds is 6. The molecule has 156 valence electrons. The van der Waals surface area contributed by atoms with Crippen molar-refractivity contribution in [3.8, 4) is 11.3 Å². The Hall–Kier alpha value is -3.39. The highest BCUT2D eigenvalue weighted by atomic mass is 32.1. The molecular weight excluding hydrogens is 410 g/mol. The Morgan fingerprint density at radius 1 is 1.13 bits per heavy atom. The zero-order valence-electron chi connectivity index (χ0n) is 16.8. The summed E-state index contributed by atoms with van der Waals surface area (Å²) in [5.74, 6) is -1.19. The summed E-state index contributed by atoms with van der Waals surface area (Å²) in [6.07, 6.45) is 7.67. The first-order valence-electron chi connectivity index (χ1n) is 10.3. The standard InChI is InChI=1S/C23H21N5O2S/c24-22(30)16(10-18(29)20-9-15-3-1-2-4-19(15)31-20)13-5-7-14(8-6-13)21-17-11-27-28-23(17)26-12-25-21/h5-9,11-12,16H,1-4,10H2,(H2,24,30)(H,25,26,27,28). The molecule has 1 aliphatic carbocycles. The second-order valence-corrected chi connectivity index (χ2v) is 8.96. The number of aromatic amines is 1. The Morgan fingerprint density at radius 3 is 2.71 bits per heavy atom. The van der Waals surface area contributed by atoms with Crippen LogP contribution in [0.15, 0.2) is 42.9 Å². The minimum Gasteiger partial charge on any atom is -0.369 e. The second kappa shape index (κ2) is 8.03. The average molecular weight is 432 g/mol. The molecule has 3 aromatic heterocycles. The molecule has 31 heavy (non-hydrogen) atoms. The van der Waals surface area contributed by atoms with Gasteiger partial charge in [-0.1, -0.05) is 24.3 Å². The molecule has 3 N–H and O–H groups in total. The summed E-state index contributed by atoms with van der Waals surface area (Å²) < 4.78 is 0. The van der Waals surface area contributed by atoms with E-state index in [1.807, 2.05) is 30.3 Å². The number of H-pyrrole nitrogens is 1. The SMILES string of the molecule is NC(=O)C(CC(=O)c1cc2c(s1)CCCC2)c1ccc(-c2ncnc3[nH]ncc23)cc1. The number of hydrogen-bond donors (Lipinski definition) is 2. The predicted molar refractivity (Wildman–Crippen MR) is 119 cm³/mol. The normalized spacial score (nSPS) is 14.3. The Bertz CT molecular complexity index is 1250. The van der Waals surface area contributed by atoms with Crippen molar-refractivity contribution < 1.29 is 9.59 Å². The first kappa shape index (κ1) is 19.6. The lowest BCUT2D eigenvalue weighted by Gasteiger charge is -2.13. The number of hydrogen-bond acceptors (Lipinski definition) is 6. The monoisotopic (exact) mass is 431 g/mol. The van der Waals surface area contributed by atoms with Gasteiger partial charge in [0.25, 0.3) is 0 Å². The smallest absolute Gasteiger partial charge is 0.225 e. The van der Waals surface area contributed by atoms with Crippen LogP contribution in [0.2, 0.25) is 0 Å². The number of nitrogens with zero attached hydrogens (tertiary/aromatic N) is 3. The van der Waals surface area contributed by atoms with Crippen LogP contribution in [0.4, 0.5) is 0 Å². The molecule has 0 aliphatic heterocycles. The number of nitrogens with two attached hydrogens (primary N) is 1. The van der Waals surface area contributed by atoms with Crippen molar-refractivity contribution in [1.82, 2.24) is 20.2 Å². The third-order valence-corrected chi connectivity index (χ3v) is 7.12. The number of primary amides is 1. The van der Waals surface area contributed by atoms with Crippen molar-refractivity contribution in [1.29, 1.82) is 0 Å². The van der Waals surface area contributed by atoms with Crippen LogP contribution in [0.1, 0.15) is 50.9 Å². The maximum Gasteiger partial charge on any atom is 0.225 e. The Morgan fingerprint density at radius 2 is 1.94 bits per heavy atom. The van der Waals surface area contributed by atoms with E-state index in [0.29, 0.717) is 5.65 Å². The number of carbonyl (C=O) groups is 2. The lowest BCUT2D eigenvalue weighted by Crippen LogP contribution is -2.23. The molecule has 0 spiro atoms. The third-order valence-electron chi connectivity index (χ3n) is 5.84. The number of carbonyl (C=O) groups excluding carboxylic acids is 2. The Balaban J connectivity index is 1.39. The molecule has 7 nitrogen and oxygen atoms in total. The molecular formula is C23H21N5O2S. The van der Waals surface area contributed by atoms with Gasteiger partial charge in [-0.25, -0.2) is 9.97 Å². The van der Waals surface area contributed by atoms with Gasteiger partial charge in [0.1, 0.15) is 6.33 Å². The summed E-state index contributed by atoms with van der Waals surface area (Å²) in [6, 6.07) is 9.45. The largest absolute Gasteiger partial charge is 0.369 e. The summed E-state index contributed by atoms with van der Waals surface area (Å²) in [5.41, 5.74) is 9.98. The second-order valence-electron chi connectivity index (χ2n) is 7.82. The maximum atomic E-state index is 12.9. The van der Waals surface area contributed by atoms with Crippen LogP contribution in [0.5, 0.6) is 0 Å². The molecule has 5 rings (SSSR count). The summed E-state index contributed by atoms with van der Waals surface area (Å²) in [7, 11) is 0. The van der Waals surface area contributed by atoms with Gasteiger partial charge in [0.05, 0.1) is 28.1 Å². The molecule has 4 aromatic rings. The van der Waals surface area contributed by atoms with Crippen molar-refractivity contribution in [3.05, 3.63) is 63.7 Å². The fourth-order valence-electron chi connectivity index (χ4n) is 4.17. The minimum absolute atomic E-state index is 0.0248. The molecule has 3 heterocycles. The molecule has 8 heteroatoms. The number of benzene rings is 1. The first-order chi connectivity index (χ1) is 15.1. The van der Waals surface area contributed by atoms with Crippen LogP contribution < -0.4 is 5.73 Å². The molecule has 1 unspecified atom stereocenters. The maximum absolute atomic E-state index is 12.9. The third kappa shape index (κ3) is 3.74. The van der Waals surface area contributed by atoms with E-state index in [2.05, 4.69) is 20.2 Å². The summed E-state index contributed by atoms with van der Waals surface area (Å²) in [4.78, 5) is 35.7. The molecule has 0 fully saturated rings. The van der Waals surface area contributed by atoms with Crippen molar-refractivity contribution in [2.75, 3.05) is 0 Å². The highest BCUT2D eigenvalue weighted by Gasteiger charge is 2.25. The first-order valence-corrected chi connectivity index (χ1v) is 11.1. The van der Waals surface area contributed by atoms with Crippen molar-refractivity contribution >= 4 is 34.1 Å². The molecule has 0 saturated carbocycles. The van der Waals surface area contributed by atoms with E-state index in [4.69, 9.17) is 5.73 Å². The Kier molecular flexibility index (Phi) is 5.07. The van der Waals surface area contributed by atoms with Gasteiger partial charge in [-0.15, -0.1) is 11.3 Å². The average Bonchev–Trinajstić information content (AvgIpc) is 3.44. The van der Waals surface area contributed by atoms with Gasteiger partial charge in [0.15, 0.2) is 11.4 Å². The fourth-order valence-corrected chi connectivity index (χ4v) is 5.37. The van der Waals surface area contributed by atoms with E-state index in [0.717, 1.165) is 39.9 Å². The van der Waals surface area contributed by atoms with E-state index in [9.17, 15) is 9.59 Å². The highest BCUT2D eigenvalue weighted by molar-refractivity contribution is 7.14. The number of fused-ring (bicyclic) bond motifs is 2. The topological polar surface area (TPSA) is 115 Å². The number of nitrogens with one attached hydrogen (secondary N) is 1. The number of ketones is 1. The van der Waals surface area contributed by atoms with Crippen LogP contribution in [0.25, 0.3) is 22.3 Å². The van der Waals surface area contributed by atoms with Gasteiger partial charge in [-0.05, 0) is 42.9 Å². The van der Waals surface area contributed by atoms with Gasteiger partial charge in [-0.3, -0.25) is 14.7 Å². The summed E-state index contributed by atoms with van der Waals surface area (Å²) >= 11 is 1.57. The lowest BCUT2D eigenvalue weighted by molar-refractivity contribution is -0.119. The van der Waals surface area contributed by atoms with Gasteiger partial charge >= 0.3 is 0 Å². The predicted octanol–water partition coefficient (Wildman–Crippen LogP) is 3.80. The molecule has 1 aliphatic rings. The van der Waals surface area contributed by atoms with E-state index >= 15 is 0 Å². The zero-order chi connectivity index (χ0) is 21.4. The van der Waals surface area contributed by atoms with Gasteiger partial charge in [-0.2, -0.15) is 5.10 Å². The number of aromatic nitrogens is 4. The fraction of sp³-hybridized carbons (Fsp3) is 0.261. The van der Waals surface area contributed by atoms with Gasteiger partial charge < -0.3 is 5.73 Å². The van der Waals surface area contributed by atoms with Crippen LogP contribution in [-0.4, -0.2) is 31.9 Å². The molecule has 1 aromatic carbocycles. The van der Waals surface area contributed by atoms with Crippen LogP contribution in [-0.2, 0) is 17.6 Å². The summed E-state index contributed by atoms with van der Waals surface area (Å²) in [5, 5.41) is 7.67. The van der Waals surface area contributed by atoms with Crippen molar-refractivity contribution in [2.45, 2.75) is 38.0 Å². The molecule has 0 bridgehead atoms. The number of thiophene rings is 1. The van der Waals surface area contributed by atoms with Crippen LogP contribution >= 0.6 is 11.3 Å². The lowest BCUT2D eigenvalue weighted by atomic mass is 9.91. The number of amides is 1. The molecule has 1 amide bonds. The molecule has 0 radical (unpaired) electrons. The van der Waals surface area contributed by atoms with E-state index in [-0.39, 0.29) is 12.2 Å². The van der Waals surface area contributed by atoms with Gasteiger partial charge in [0.2, 0.25) is 5.91 Å². The van der Waals surface area contributed by atoms with Gasteiger partial charge in [0, 0.05) is 16.9 Å². The van der Waals surface area contributed by atoms with Crippen LogP contribution in [0, 0.1) is 0 Å². The highest BCUT2D eigenvalue weighted by Crippen LogP contribution is 2.32. The molecule has 1 atom stereocenters. The number of aryl methyl sites for hydroxylation is 2. The van der Waals surface area contributed by atoms with E-state index in [1.54, 1.807) is 17.5 Å². The Labute approximate surface area is 182 Å². The van der Waals surface area contributed by atoms with Crippen LogP contribution in [0.3, 0.4) is 0 Å². The minimum atomic E-state index is -0.667. The summed E-state index contributed by atoms with van der Waals surface area (Å²) in [6.45, 7) is 0. The van der Waals surface area contributed by atoms with Crippen molar-refractivity contribution in [3.63, 3.8) is 0 Å². The van der Waals surface area contributed by atoms with E-state index in [1.165, 1.54) is 29.6 Å². The zero-order valence-corrected chi connectivity index (χ0v) is 17.6. The quantitative estimate of drug-likeness (QED) is 0.451. The van der Waals surface area contributed by atoms with Crippen molar-refractivity contribution in [2.24, 2.45) is 5.73 Å². The van der Waals surface area contributed by atoms with E-state index < -0.39 is 11.8 Å². The number of Topliss-reactive ketones (excluding diaryl/α,β-unsaturated/α-hetero) is 1. The molecule has 0 saturated heterocycles.